The molecule has 0 amide bonds. The van der Waals surface area contributed by atoms with Gasteiger partial charge in [0.25, 0.3) is 5.09 Å². The van der Waals surface area contributed by atoms with Crippen LogP contribution in [-0.4, -0.2) is 64.2 Å². The number of nitrogens with zero attached hydrogens (tertiary/aromatic N) is 1. The summed E-state index contributed by atoms with van der Waals surface area (Å²) in [6.45, 7) is -0.944. The van der Waals surface area contributed by atoms with Crippen molar-refractivity contribution in [3.05, 3.63) is 45.5 Å². The lowest BCUT2D eigenvalue weighted by molar-refractivity contribution is -0.798. The Morgan fingerprint density at radius 1 is 1.31 bits per heavy atom. The molecule has 0 saturated carbocycles. The van der Waals surface area contributed by atoms with Gasteiger partial charge in [-0.25, -0.2) is 9.59 Å². The number of carboxylic acid groups (broad SMARTS) is 1. The first-order chi connectivity index (χ1) is 12.2. The molecule has 3 rings (SSSR count). The Morgan fingerprint density at radius 3 is 2.50 bits per heavy atom. The van der Waals surface area contributed by atoms with E-state index in [0.29, 0.717) is 0 Å². The van der Waals surface area contributed by atoms with E-state index in [0.717, 1.165) is 24.3 Å². The van der Waals surface area contributed by atoms with E-state index >= 15 is 0 Å². The first-order valence-corrected chi connectivity index (χ1v) is 7.31. The third-order valence-electron chi connectivity index (χ3n) is 4.16. The quantitative estimate of drug-likeness (QED) is 0.247. The lowest BCUT2D eigenvalue weighted by Gasteiger charge is -2.36. The number of nitrogens with two attached hydrogens (primary N) is 1. The van der Waals surface area contributed by atoms with E-state index in [-0.39, 0.29) is 17.7 Å². The number of hydrogen-bond acceptors (Lipinski definition) is 10. The van der Waals surface area contributed by atoms with E-state index in [4.69, 9.17) is 25.1 Å². The van der Waals surface area contributed by atoms with E-state index in [2.05, 4.69) is 4.84 Å². The molecule has 0 unspecified atom stereocenters. The standard InChI is InChI=1S/C14H14N2O10/c15-14-10(9(17)5-24-14)23-6-13(14,26-16(21)22)25-12(20)8-3-1-7(2-4-8)11(18)19/h1-4,9-10,17H,5-6,15H2,(H,18,19)/t9-,10-,13-,14+/m1/s1. The highest BCUT2D eigenvalue weighted by molar-refractivity contribution is 5.92. The predicted octanol–water partition coefficient (Wildman–Crippen LogP) is -1.11. The van der Waals surface area contributed by atoms with Crippen LogP contribution in [0.25, 0.3) is 0 Å². The maximum absolute atomic E-state index is 12.4. The normalized spacial score (nSPS) is 32.7. The smallest absolute Gasteiger partial charge is 0.340 e. The van der Waals surface area contributed by atoms with Crippen LogP contribution in [0, 0.1) is 10.1 Å². The first-order valence-electron chi connectivity index (χ1n) is 7.31. The third-order valence-corrected chi connectivity index (χ3v) is 4.16. The highest BCUT2D eigenvalue weighted by atomic mass is 17.0. The van der Waals surface area contributed by atoms with Gasteiger partial charge >= 0.3 is 17.7 Å². The lowest BCUT2D eigenvalue weighted by Crippen LogP contribution is -2.66. The molecule has 0 spiro atoms. The van der Waals surface area contributed by atoms with Crippen molar-refractivity contribution in [3.8, 4) is 0 Å². The number of rotatable bonds is 5. The molecule has 0 bridgehead atoms. The van der Waals surface area contributed by atoms with Crippen molar-refractivity contribution >= 4 is 11.9 Å². The lowest BCUT2D eigenvalue weighted by atomic mass is 9.99. The predicted molar refractivity (Wildman–Crippen MR) is 78.2 cm³/mol. The molecule has 0 radical (unpaired) electrons. The number of carbonyl (C=O) groups is 2. The van der Waals surface area contributed by atoms with Crippen LogP contribution in [-0.2, 0) is 19.0 Å². The number of aliphatic hydroxyl groups excluding tert-OH is 1. The summed E-state index contributed by atoms with van der Waals surface area (Å²) in [5.41, 5.74) is 3.71. The fourth-order valence-corrected chi connectivity index (χ4v) is 2.86. The second-order valence-corrected chi connectivity index (χ2v) is 5.74. The zero-order valence-corrected chi connectivity index (χ0v) is 13.1. The molecule has 12 nitrogen and oxygen atoms in total. The molecule has 1 aromatic carbocycles. The number of ether oxygens (including phenoxy) is 3. The monoisotopic (exact) mass is 370 g/mol. The Kier molecular flexibility index (Phi) is 4.28. The Morgan fingerprint density at radius 2 is 1.92 bits per heavy atom. The highest BCUT2D eigenvalue weighted by Crippen LogP contribution is 2.43. The zero-order valence-electron chi connectivity index (χ0n) is 13.1. The minimum Gasteiger partial charge on any atom is -0.478 e. The Balaban J connectivity index is 1.89. The summed E-state index contributed by atoms with van der Waals surface area (Å²) in [5.74, 6) is -4.72. The van der Waals surface area contributed by atoms with E-state index in [9.17, 15) is 24.8 Å². The molecule has 4 atom stereocenters. The van der Waals surface area contributed by atoms with Gasteiger partial charge in [0.15, 0.2) is 0 Å². The molecular formula is C14H14N2O10. The molecule has 2 aliphatic heterocycles. The molecule has 2 aliphatic rings. The van der Waals surface area contributed by atoms with E-state index in [1.807, 2.05) is 0 Å². The number of hydrogen-bond donors (Lipinski definition) is 3. The maximum Gasteiger partial charge on any atom is 0.340 e. The minimum atomic E-state index is -2.44. The summed E-state index contributed by atoms with van der Waals surface area (Å²) in [7, 11) is 0. The van der Waals surface area contributed by atoms with Gasteiger partial charge in [0.1, 0.15) is 18.8 Å². The van der Waals surface area contributed by atoms with Crippen LogP contribution in [0.3, 0.4) is 0 Å². The molecule has 0 aromatic heterocycles. The summed E-state index contributed by atoms with van der Waals surface area (Å²) in [5, 5.41) is 28.4. The average molecular weight is 370 g/mol. The van der Waals surface area contributed by atoms with Crippen LogP contribution in [0.4, 0.5) is 0 Å². The van der Waals surface area contributed by atoms with Crippen LogP contribution in [0.15, 0.2) is 24.3 Å². The van der Waals surface area contributed by atoms with Crippen molar-refractivity contribution in [2.45, 2.75) is 23.7 Å². The van der Waals surface area contributed by atoms with Crippen molar-refractivity contribution in [1.82, 2.24) is 0 Å². The van der Waals surface area contributed by atoms with Crippen LogP contribution in [0.5, 0.6) is 0 Å². The van der Waals surface area contributed by atoms with Crippen molar-refractivity contribution < 1.29 is 43.9 Å². The average Bonchev–Trinajstić information content (AvgIpc) is 3.02. The molecule has 2 fully saturated rings. The topological polar surface area (TPSA) is 181 Å². The van der Waals surface area contributed by atoms with Gasteiger partial charge in [-0.3, -0.25) is 10.6 Å². The van der Waals surface area contributed by atoms with Gasteiger partial charge in [-0.15, -0.1) is 10.1 Å². The number of aromatic carboxylic acids is 1. The largest absolute Gasteiger partial charge is 0.478 e. The molecule has 2 heterocycles. The second-order valence-electron chi connectivity index (χ2n) is 5.74. The zero-order chi connectivity index (χ0) is 19.1. The summed E-state index contributed by atoms with van der Waals surface area (Å²) in [6.07, 6.45) is -2.39. The fourth-order valence-electron chi connectivity index (χ4n) is 2.86. The van der Waals surface area contributed by atoms with Crippen molar-refractivity contribution in [2.24, 2.45) is 5.73 Å². The van der Waals surface area contributed by atoms with Gasteiger partial charge in [-0.1, -0.05) is 0 Å². The molecular weight excluding hydrogens is 356 g/mol. The fraction of sp³-hybridized carbons (Fsp3) is 0.429. The van der Waals surface area contributed by atoms with E-state index in [1.54, 1.807) is 0 Å². The summed E-state index contributed by atoms with van der Waals surface area (Å²) >= 11 is 0. The molecule has 26 heavy (non-hydrogen) atoms. The number of benzene rings is 1. The Hall–Kier alpha value is -2.80. The van der Waals surface area contributed by atoms with E-state index in [1.165, 1.54) is 0 Å². The summed E-state index contributed by atoms with van der Waals surface area (Å²) in [4.78, 5) is 38.7. The van der Waals surface area contributed by atoms with Gasteiger partial charge in [-0.05, 0) is 24.3 Å². The van der Waals surface area contributed by atoms with Crippen molar-refractivity contribution in [3.63, 3.8) is 0 Å². The van der Waals surface area contributed by atoms with Crippen LogP contribution < -0.4 is 5.73 Å². The van der Waals surface area contributed by atoms with Crippen LogP contribution in [0.1, 0.15) is 20.7 Å². The summed E-state index contributed by atoms with van der Waals surface area (Å²) < 4.78 is 15.5. The summed E-state index contributed by atoms with van der Waals surface area (Å²) in [6, 6.07) is 4.63. The van der Waals surface area contributed by atoms with E-state index < -0.39 is 47.4 Å². The van der Waals surface area contributed by atoms with Crippen molar-refractivity contribution in [1.29, 1.82) is 0 Å². The number of aliphatic hydroxyl groups is 1. The van der Waals surface area contributed by atoms with Crippen LogP contribution in [0.2, 0.25) is 0 Å². The maximum atomic E-state index is 12.4. The van der Waals surface area contributed by atoms with Crippen LogP contribution >= 0.6 is 0 Å². The van der Waals surface area contributed by atoms with Gasteiger partial charge < -0.3 is 24.4 Å². The van der Waals surface area contributed by atoms with Gasteiger partial charge in [0, 0.05) is 0 Å². The molecule has 2 saturated heterocycles. The second kappa shape index (κ2) is 6.17. The van der Waals surface area contributed by atoms with Gasteiger partial charge in [0.05, 0.1) is 17.7 Å². The Labute approximate surface area is 145 Å². The van der Waals surface area contributed by atoms with Gasteiger partial charge in [0.2, 0.25) is 5.72 Å². The van der Waals surface area contributed by atoms with Crippen molar-refractivity contribution in [2.75, 3.05) is 13.2 Å². The molecule has 0 aliphatic carbocycles. The number of fused-ring (bicyclic) bond motifs is 1. The minimum absolute atomic E-state index is 0.0698. The molecule has 4 N–H and O–H groups in total. The molecule has 1 aromatic rings. The molecule has 12 heteroatoms. The SMILES string of the molecule is N[C@]12OC[C@@H](O)[C@H]1OC[C@@]2(OC(=O)c1ccc(C(=O)O)cc1)O[N+](=O)[O-]. The number of esters is 1. The number of carbonyl (C=O) groups excluding carboxylic acids is 1. The third kappa shape index (κ3) is 2.74. The highest BCUT2D eigenvalue weighted by Gasteiger charge is 2.71. The number of carboxylic acids is 1. The Bertz CT molecular complexity index is 753. The van der Waals surface area contributed by atoms with Gasteiger partial charge in [-0.2, -0.15) is 0 Å². The molecule has 140 valence electrons. The first kappa shape index (κ1) is 18.0.